The molecule has 0 unspecified atom stereocenters. The van der Waals surface area contributed by atoms with Crippen molar-refractivity contribution in [2.24, 2.45) is 0 Å². The summed E-state index contributed by atoms with van der Waals surface area (Å²) >= 11 is 12.6. The van der Waals surface area contributed by atoms with Crippen molar-refractivity contribution in [3.63, 3.8) is 0 Å². The molecule has 0 aliphatic carbocycles. The zero-order valence-electron chi connectivity index (χ0n) is 18.3. The van der Waals surface area contributed by atoms with Crippen molar-refractivity contribution in [1.82, 2.24) is 30.1 Å². The molecule has 0 atom stereocenters. The molecule has 4 aromatic rings. The average molecular weight is 496 g/mol. The maximum atomic E-state index is 9.71. The van der Waals surface area contributed by atoms with Crippen LogP contribution in [0.15, 0.2) is 54.7 Å². The van der Waals surface area contributed by atoms with Crippen molar-refractivity contribution >= 4 is 29.0 Å². The molecule has 1 fully saturated rings. The molecule has 174 valence electrons. The van der Waals surface area contributed by atoms with Gasteiger partial charge in [-0.3, -0.25) is 4.90 Å². The lowest BCUT2D eigenvalue weighted by Crippen LogP contribution is -2.35. The van der Waals surface area contributed by atoms with Crippen LogP contribution in [0.4, 0.5) is 5.82 Å². The lowest BCUT2D eigenvalue weighted by molar-refractivity contribution is 0.0792. The molecule has 0 amide bonds. The number of benzene rings is 2. The van der Waals surface area contributed by atoms with E-state index < -0.39 is 0 Å². The van der Waals surface area contributed by atoms with E-state index in [4.69, 9.17) is 28.9 Å². The van der Waals surface area contributed by atoms with Crippen LogP contribution in [0.25, 0.3) is 28.2 Å². The highest BCUT2D eigenvalue weighted by molar-refractivity contribution is 6.43. The standard InChI is InChI=1S/C24H23Cl2N7O/c25-20-2-1-3-21(22(20)26)33-24(29-30-31-33)19-12-17(13-28-23(19)27)16-6-4-15(5-7-16)14-32-10-8-18(34)9-11-32/h1-7,12-13,18,34H,8-11,14H2,(H2,27,28). The van der Waals surface area contributed by atoms with Gasteiger partial charge in [0.25, 0.3) is 0 Å². The largest absolute Gasteiger partial charge is 0.393 e. The second-order valence-electron chi connectivity index (χ2n) is 8.35. The van der Waals surface area contributed by atoms with Crippen LogP contribution in [0.2, 0.25) is 10.0 Å². The zero-order chi connectivity index (χ0) is 23.7. The number of halogens is 2. The molecular formula is C24H23Cl2N7O. The molecule has 0 bridgehead atoms. The number of hydrogen-bond donors (Lipinski definition) is 2. The van der Waals surface area contributed by atoms with Gasteiger partial charge >= 0.3 is 0 Å². The summed E-state index contributed by atoms with van der Waals surface area (Å²) in [6.45, 7) is 2.70. The SMILES string of the molecule is Nc1ncc(-c2ccc(CN3CCC(O)CC3)cc2)cc1-c1nnnn1-c1cccc(Cl)c1Cl. The smallest absolute Gasteiger partial charge is 0.190 e. The second-order valence-corrected chi connectivity index (χ2v) is 9.13. The summed E-state index contributed by atoms with van der Waals surface area (Å²) in [6, 6.07) is 15.6. The number of rotatable bonds is 5. The van der Waals surface area contributed by atoms with Gasteiger partial charge < -0.3 is 10.8 Å². The van der Waals surface area contributed by atoms with Crippen LogP contribution in [-0.2, 0) is 6.54 Å². The first-order valence-electron chi connectivity index (χ1n) is 11.0. The number of tetrazole rings is 1. The first kappa shape index (κ1) is 22.7. The fraction of sp³-hybridized carbons (Fsp3) is 0.250. The molecule has 10 heteroatoms. The summed E-state index contributed by atoms with van der Waals surface area (Å²) in [5, 5.41) is 22.5. The molecule has 3 N–H and O–H groups in total. The van der Waals surface area contributed by atoms with E-state index in [1.165, 1.54) is 10.2 Å². The lowest BCUT2D eigenvalue weighted by atomic mass is 10.0. The first-order valence-corrected chi connectivity index (χ1v) is 11.7. The van der Waals surface area contributed by atoms with Crippen LogP contribution < -0.4 is 5.73 Å². The molecule has 3 heterocycles. The number of hydrogen-bond acceptors (Lipinski definition) is 7. The van der Waals surface area contributed by atoms with Crippen molar-refractivity contribution in [3.05, 3.63) is 70.3 Å². The van der Waals surface area contributed by atoms with Gasteiger partial charge in [-0.1, -0.05) is 53.5 Å². The fourth-order valence-electron chi connectivity index (χ4n) is 4.12. The molecule has 0 saturated carbocycles. The van der Waals surface area contributed by atoms with E-state index in [1.807, 2.05) is 6.07 Å². The maximum absolute atomic E-state index is 9.71. The Morgan fingerprint density at radius 2 is 1.79 bits per heavy atom. The van der Waals surface area contributed by atoms with Crippen molar-refractivity contribution < 1.29 is 5.11 Å². The molecule has 1 aliphatic heterocycles. The van der Waals surface area contributed by atoms with Crippen LogP contribution in [0.3, 0.4) is 0 Å². The van der Waals surface area contributed by atoms with Gasteiger partial charge in [-0.15, -0.1) is 5.10 Å². The van der Waals surface area contributed by atoms with Crippen LogP contribution in [0.5, 0.6) is 0 Å². The van der Waals surface area contributed by atoms with Gasteiger partial charge in [0, 0.05) is 31.4 Å². The maximum Gasteiger partial charge on any atom is 0.190 e. The Labute approximate surface area is 206 Å². The third-order valence-electron chi connectivity index (χ3n) is 6.04. The number of aliphatic hydroxyl groups is 1. The van der Waals surface area contributed by atoms with Crippen molar-refractivity contribution in [1.29, 1.82) is 0 Å². The van der Waals surface area contributed by atoms with Crippen molar-refractivity contribution in [2.75, 3.05) is 18.8 Å². The minimum atomic E-state index is -0.165. The van der Waals surface area contributed by atoms with Gasteiger partial charge in [0.15, 0.2) is 5.82 Å². The first-order chi connectivity index (χ1) is 16.5. The van der Waals surface area contributed by atoms with Gasteiger partial charge in [0.2, 0.25) is 0 Å². The highest BCUT2D eigenvalue weighted by atomic mass is 35.5. The van der Waals surface area contributed by atoms with Crippen molar-refractivity contribution in [2.45, 2.75) is 25.5 Å². The number of anilines is 1. The third-order valence-corrected chi connectivity index (χ3v) is 6.85. The van der Waals surface area contributed by atoms with E-state index in [9.17, 15) is 5.11 Å². The van der Waals surface area contributed by atoms with E-state index in [2.05, 4.69) is 49.7 Å². The van der Waals surface area contributed by atoms with Crippen molar-refractivity contribution in [3.8, 4) is 28.2 Å². The summed E-state index contributed by atoms with van der Waals surface area (Å²) in [7, 11) is 0. The predicted octanol–water partition coefficient (Wildman–Crippen LogP) is 4.24. The monoisotopic (exact) mass is 495 g/mol. The topological polar surface area (TPSA) is 106 Å². The Morgan fingerprint density at radius 3 is 2.56 bits per heavy atom. The highest BCUT2D eigenvalue weighted by Crippen LogP contribution is 2.33. The van der Waals surface area contributed by atoms with Crippen LogP contribution in [0.1, 0.15) is 18.4 Å². The quantitative estimate of drug-likeness (QED) is 0.426. The minimum Gasteiger partial charge on any atom is -0.393 e. The van der Waals surface area contributed by atoms with E-state index in [0.29, 0.717) is 32.9 Å². The van der Waals surface area contributed by atoms with Gasteiger partial charge in [0.05, 0.1) is 27.4 Å². The summed E-state index contributed by atoms with van der Waals surface area (Å²) < 4.78 is 1.50. The zero-order valence-corrected chi connectivity index (χ0v) is 19.8. The second kappa shape index (κ2) is 9.68. The normalized spacial score (nSPS) is 15.0. The highest BCUT2D eigenvalue weighted by Gasteiger charge is 2.19. The number of aromatic nitrogens is 5. The molecule has 1 saturated heterocycles. The number of pyridine rings is 1. The Morgan fingerprint density at radius 1 is 1.03 bits per heavy atom. The number of nitrogens with two attached hydrogens (primary N) is 1. The molecule has 34 heavy (non-hydrogen) atoms. The van der Waals surface area contributed by atoms with Gasteiger partial charge in [-0.05, 0) is 52.6 Å². The Bertz CT molecular complexity index is 1300. The summed E-state index contributed by atoms with van der Waals surface area (Å²) in [6.07, 6.45) is 3.23. The number of piperidine rings is 1. The summed E-state index contributed by atoms with van der Waals surface area (Å²) in [4.78, 5) is 6.75. The molecule has 2 aromatic heterocycles. The van der Waals surface area contributed by atoms with Crippen LogP contribution in [-0.4, -0.2) is 54.4 Å². The summed E-state index contributed by atoms with van der Waals surface area (Å²) in [5.74, 6) is 0.724. The Balaban J connectivity index is 1.42. The minimum absolute atomic E-state index is 0.165. The number of nitrogen functional groups attached to an aromatic ring is 1. The van der Waals surface area contributed by atoms with E-state index in [1.54, 1.807) is 24.4 Å². The molecule has 5 rings (SSSR count). The van der Waals surface area contributed by atoms with Gasteiger partial charge in [-0.2, -0.15) is 4.68 Å². The van der Waals surface area contributed by atoms with E-state index in [0.717, 1.165) is 43.6 Å². The Hall–Kier alpha value is -3.04. The van der Waals surface area contributed by atoms with Gasteiger partial charge in [0.1, 0.15) is 5.82 Å². The molecule has 8 nitrogen and oxygen atoms in total. The molecule has 1 aliphatic rings. The van der Waals surface area contributed by atoms with E-state index in [-0.39, 0.29) is 6.10 Å². The van der Waals surface area contributed by atoms with Gasteiger partial charge in [-0.25, -0.2) is 4.98 Å². The summed E-state index contributed by atoms with van der Waals surface area (Å²) in [5.41, 5.74) is 10.5. The third kappa shape index (κ3) is 4.63. The number of likely N-dealkylation sites (tertiary alicyclic amines) is 1. The molecule has 2 aromatic carbocycles. The molecular weight excluding hydrogens is 473 g/mol. The average Bonchev–Trinajstić information content (AvgIpc) is 3.33. The lowest BCUT2D eigenvalue weighted by Gasteiger charge is -2.29. The predicted molar refractivity (Wildman–Crippen MR) is 133 cm³/mol. The number of aliphatic hydroxyl groups excluding tert-OH is 1. The fourth-order valence-corrected chi connectivity index (χ4v) is 4.50. The van der Waals surface area contributed by atoms with E-state index >= 15 is 0 Å². The molecule has 0 radical (unpaired) electrons. The Kier molecular flexibility index (Phi) is 6.47. The number of nitrogens with zero attached hydrogens (tertiary/aromatic N) is 6. The van der Waals surface area contributed by atoms with Crippen LogP contribution >= 0.6 is 23.2 Å². The molecule has 0 spiro atoms. The van der Waals surface area contributed by atoms with Crippen LogP contribution in [0, 0.1) is 0 Å².